The molecule has 26 heavy (non-hydrogen) atoms. The average molecular weight is 353 g/mol. The molecule has 3 aromatic rings. The van der Waals surface area contributed by atoms with E-state index in [-0.39, 0.29) is 0 Å². The summed E-state index contributed by atoms with van der Waals surface area (Å²) in [6, 6.07) is 13.0. The van der Waals surface area contributed by atoms with Gasteiger partial charge < -0.3 is 24.8 Å². The topological polar surface area (TPSA) is 90.4 Å². The molecule has 0 fully saturated rings. The van der Waals surface area contributed by atoms with Crippen molar-refractivity contribution in [1.82, 2.24) is 15.2 Å². The van der Waals surface area contributed by atoms with Gasteiger partial charge in [-0.05, 0) is 24.3 Å². The van der Waals surface area contributed by atoms with Crippen molar-refractivity contribution in [3.8, 4) is 17.2 Å². The summed E-state index contributed by atoms with van der Waals surface area (Å²) in [5.41, 5.74) is 1.53. The SMILES string of the molecule is COc1ccccc1Nc1nncc(Nc2ccc(OC)c(OC)c2)n1. The number of aromatic nitrogens is 3. The highest BCUT2D eigenvalue weighted by molar-refractivity contribution is 5.64. The van der Waals surface area contributed by atoms with Crippen LogP contribution in [-0.4, -0.2) is 36.5 Å². The maximum atomic E-state index is 5.31. The normalized spacial score (nSPS) is 10.1. The van der Waals surface area contributed by atoms with Crippen LogP contribution in [0, 0.1) is 0 Å². The number of hydrogen-bond donors (Lipinski definition) is 2. The third-order valence-electron chi connectivity index (χ3n) is 3.57. The Balaban J connectivity index is 1.79. The Hall–Kier alpha value is -3.55. The zero-order valence-electron chi connectivity index (χ0n) is 14.7. The van der Waals surface area contributed by atoms with Crippen LogP contribution in [0.25, 0.3) is 0 Å². The van der Waals surface area contributed by atoms with E-state index in [0.717, 1.165) is 11.4 Å². The smallest absolute Gasteiger partial charge is 0.249 e. The lowest BCUT2D eigenvalue weighted by Gasteiger charge is -2.12. The molecule has 0 saturated heterocycles. The predicted molar refractivity (Wildman–Crippen MR) is 98.9 cm³/mol. The fourth-order valence-corrected chi connectivity index (χ4v) is 2.35. The summed E-state index contributed by atoms with van der Waals surface area (Å²) in [5.74, 6) is 2.84. The molecule has 3 rings (SSSR count). The number of hydrogen-bond acceptors (Lipinski definition) is 8. The van der Waals surface area contributed by atoms with Crippen LogP contribution in [0.4, 0.5) is 23.1 Å². The molecule has 0 spiro atoms. The van der Waals surface area contributed by atoms with E-state index in [4.69, 9.17) is 14.2 Å². The molecular weight excluding hydrogens is 334 g/mol. The average Bonchev–Trinajstić information content (AvgIpc) is 2.68. The van der Waals surface area contributed by atoms with Crippen molar-refractivity contribution in [3.05, 3.63) is 48.7 Å². The number of para-hydroxylation sites is 2. The van der Waals surface area contributed by atoms with Crippen LogP contribution in [-0.2, 0) is 0 Å². The molecule has 1 heterocycles. The fourth-order valence-electron chi connectivity index (χ4n) is 2.35. The molecule has 8 nitrogen and oxygen atoms in total. The Morgan fingerprint density at radius 1 is 0.808 bits per heavy atom. The van der Waals surface area contributed by atoms with Gasteiger partial charge in [-0.25, -0.2) is 0 Å². The molecule has 0 radical (unpaired) electrons. The van der Waals surface area contributed by atoms with E-state index in [1.54, 1.807) is 21.3 Å². The molecule has 0 saturated carbocycles. The number of rotatable bonds is 7. The van der Waals surface area contributed by atoms with E-state index >= 15 is 0 Å². The molecule has 134 valence electrons. The van der Waals surface area contributed by atoms with Crippen LogP contribution in [0.5, 0.6) is 17.2 Å². The number of nitrogens with one attached hydrogen (secondary N) is 2. The van der Waals surface area contributed by atoms with Crippen molar-refractivity contribution in [3.63, 3.8) is 0 Å². The molecule has 2 aromatic carbocycles. The second-order valence-electron chi connectivity index (χ2n) is 5.19. The highest BCUT2D eigenvalue weighted by Crippen LogP contribution is 2.31. The highest BCUT2D eigenvalue weighted by Gasteiger charge is 2.08. The first-order valence-electron chi connectivity index (χ1n) is 7.82. The largest absolute Gasteiger partial charge is 0.495 e. The lowest BCUT2D eigenvalue weighted by molar-refractivity contribution is 0.355. The van der Waals surface area contributed by atoms with Crippen molar-refractivity contribution >= 4 is 23.1 Å². The Kier molecular flexibility index (Phi) is 5.33. The van der Waals surface area contributed by atoms with E-state index in [9.17, 15) is 0 Å². The second-order valence-corrected chi connectivity index (χ2v) is 5.19. The van der Waals surface area contributed by atoms with Gasteiger partial charge in [0, 0.05) is 11.8 Å². The van der Waals surface area contributed by atoms with E-state index < -0.39 is 0 Å². The van der Waals surface area contributed by atoms with Gasteiger partial charge in [-0.1, -0.05) is 12.1 Å². The lowest BCUT2D eigenvalue weighted by Crippen LogP contribution is -2.03. The van der Waals surface area contributed by atoms with Gasteiger partial charge in [0.05, 0.1) is 33.2 Å². The molecule has 0 amide bonds. The van der Waals surface area contributed by atoms with Crippen LogP contribution in [0.3, 0.4) is 0 Å². The molecule has 8 heteroatoms. The Morgan fingerprint density at radius 2 is 1.58 bits per heavy atom. The predicted octanol–water partition coefficient (Wildman–Crippen LogP) is 3.38. The van der Waals surface area contributed by atoms with Crippen LogP contribution < -0.4 is 24.8 Å². The van der Waals surface area contributed by atoms with Gasteiger partial charge in [0.15, 0.2) is 17.3 Å². The third-order valence-corrected chi connectivity index (χ3v) is 3.57. The number of ether oxygens (including phenoxy) is 3. The van der Waals surface area contributed by atoms with E-state index in [0.29, 0.717) is 29.0 Å². The van der Waals surface area contributed by atoms with Crippen molar-refractivity contribution < 1.29 is 14.2 Å². The number of nitrogens with zero attached hydrogens (tertiary/aromatic N) is 3. The van der Waals surface area contributed by atoms with Crippen LogP contribution in [0.15, 0.2) is 48.7 Å². The molecule has 0 bridgehead atoms. The molecule has 0 aliphatic heterocycles. The zero-order chi connectivity index (χ0) is 18.4. The van der Waals surface area contributed by atoms with Gasteiger partial charge >= 0.3 is 0 Å². The fraction of sp³-hybridized carbons (Fsp3) is 0.167. The molecular formula is C18H19N5O3. The van der Waals surface area contributed by atoms with Gasteiger partial charge in [0.25, 0.3) is 0 Å². The Morgan fingerprint density at radius 3 is 2.35 bits per heavy atom. The summed E-state index contributed by atoms with van der Waals surface area (Å²) in [4.78, 5) is 4.41. The minimum Gasteiger partial charge on any atom is -0.495 e. The van der Waals surface area contributed by atoms with Crippen LogP contribution in [0.1, 0.15) is 0 Å². The number of methoxy groups -OCH3 is 3. The van der Waals surface area contributed by atoms with Crippen molar-refractivity contribution in [2.24, 2.45) is 0 Å². The second kappa shape index (κ2) is 8.02. The van der Waals surface area contributed by atoms with Crippen molar-refractivity contribution in [2.75, 3.05) is 32.0 Å². The highest BCUT2D eigenvalue weighted by atomic mass is 16.5. The number of anilines is 4. The molecule has 2 N–H and O–H groups in total. The maximum Gasteiger partial charge on any atom is 0.249 e. The zero-order valence-corrected chi connectivity index (χ0v) is 14.7. The molecule has 0 unspecified atom stereocenters. The quantitative estimate of drug-likeness (QED) is 0.668. The monoisotopic (exact) mass is 353 g/mol. The summed E-state index contributed by atoms with van der Waals surface area (Å²) in [6.45, 7) is 0. The van der Waals surface area contributed by atoms with Gasteiger partial charge in [-0.3, -0.25) is 0 Å². The van der Waals surface area contributed by atoms with Crippen LogP contribution in [0.2, 0.25) is 0 Å². The summed E-state index contributed by atoms with van der Waals surface area (Å²) in [5, 5.41) is 14.2. The van der Waals surface area contributed by atoms with Gasteiger partial charge in [-0.15, -0.1) is 5.10 Å². The van der Waals surface area contributed by atoms with Gasteiger partial charge in [0.2, 0.25) is 5.95 Å². The first-order chi connectivity index (χ1) is 12.7. The molecule has 0 aliphatic rings. The Bertz CT molecular complexity index is 888. The first-order valence-corrected chi connectivity index (χ1v) is 7.82. The summed E-state index contributed by atoms with van der Waals surface area (Å²) in [7, 11) is 4.78. The van der Waals surface area contributed by atoms with Crippen LogP contribution >= 0.6 is 0 Å². The Labute approximate surface area is 151 Å². The van der Waals surface area contributed by atoms with E-state index in [1.807, 2.05) is 42.5 Å². The van der Waals surface area contributed by atoms with Crippen molar-refractivity contribution in [1.29, 1.82) is 0 Å². The van der Waals surface area contributed by atoms with Crippen molar-refractivity contribution in [2.45, 2.75) is 0 Å². The molecule has 0 atom stereocenters. The summed E-state index contributed by atoms with van der Waals surface area (Å²) in [6.07, 6.45) is 1.53. The minimum absolute atomic E-state index is 0.347. The van der Waals surface area contributed by atoms with Gasteiger partial charge in [-0.2, -0.15) is 10.1 Å². The van der Waals surface area contributed by atoms with E-state index in [2.05, 4.69) is 25.8 Å². The molecule has 0 aliphatic carbocycles. The first kappa shape index (κ1) is 17.3. The minimum atomic E-state index is 0.347. The summed E-state index contributed by atoms with van der Waals surface area (Å²) >= 11 is 0. The van der Waals surface area contributed by atoms with Gasteiger partial charge in [0.1, 0.15) is 5.75 Å². The third kappa shape index (κ3) is 3.92. The van der Waals surface area contributed by atoms with E-state index in [1.165, 1.54) is 6.20 Å². The number of benzene rings is 2. The maximum absolute atomic E-state index is 5.31. The standard InChI is InChI=1S/C18H19N5O3/c1-24-14-7-5-4-6-13(14)21-18-22-17(11-19-23-18)20-12-8-9-15(25-2)16(10-12)26-3/h4-11H,1-3H3,(H2,20,21,22,23). The molecule has 1 aromatic heterocycles. The summed E-state index contributed by atoms with van der Waals surface area (Å²) < 4.78 is 15.9. The lowest BCUT2D eigenvalue weighted by atomic mass is 10.2.